The molecule has 0 atom stereocenters. The lowest BCUT2D eigenvalue weighted by Gasteiger charge is -2.08. The number of carbonyl (C=O) groups is 1. The molecule has 2 aromatic carbocycles. The van der Waals surface area contributed by atoms with Crippen LogP contribution in [0.1, 0.15) is 27.9 Å². The van der Waals surface area contributed by atoms with E-state index in [1.54, 1.807) is 36.5 Å². The molecule has 0 radical (unpaired) electrons. The van der Waals surface area contributed by atoms with Crippen LogP contribution in [-0.4, -0.2) is 15.8 Å². The summed E-state index contributed by atoms with van der Waals surface area (Å²) >= 11 is 6.27. The van der Waals surface area contributed by atoms with E-state index in [0.29, 0.717) is 35.5 Å². The van der Waals surface area contributed by atoms with Gasteiger partial charge < -0.3 is 10.5 Å². The second-order valence-corrected chi connectivity index (χ2v) is 7.33. The highest BCUT2D eigenvalue weighted by atomic mass is 35.5. The maximum Gasteiger partial charge on any atom is 0.238 e. The highest BCUT2D eigenvalue weighted by Crippen LogP contribution is 2.28. The Morgan fingerprint density at radius 1 is 1.13 bits per heavy atom. The average Bonchev–Trinajstić information content (AvgIpc) is 2.79. The third-order valence-electron chi connectivity index (χ3n) is 4.81. The topological polar surface area (TPSA) is 102 Å². The number of ether oxygens (including phenoxy) is 1. The summed E-state index contributed by atoms with van der Waals surface area (Å²) in [6, 6.07) is 18.0. The van der Waals surface area contributed by atoms with Crippen molar-refractivity contribution in [1.82, 2.24) is 9.97 Å². The Bertz CT molecular complexity index is 1330. The number of benzene rings is 2. The van der Waals surface area contributed by atoms with Crippen molar-refractivity contribution in [3.05, 3.63) is 88.7 Å². The van der Waals surface area contributed by atoms with Gasteiger partial charge in [-0.15, -0.1) is 0 Å². The van der Waals surface area contributed by atoms with Gasteiger partial charge in [0.15, 0.2) is 5.78 Å². The van der Waals surface area contributed by atoms with Crippen LogP contribution in [0.2, 0.25) is 5.02 Å². The number of anilines is 1. The molecule has 0 amide bonds. The second-order valence-electron chi connectivity index (χ2n) is 6.93. The molecule has 152 valence electrons. The summed E-state index contributed by atoms with van der Waals surface area (Å²) in [5, 5.41) is 11.1. The van der Waals surface area contributed by atoms with E-state index in [1.807, 2.05) is 30.3 Å². The zero-order valence-corrected chi connectivity index (χ0v) is 17.1. The highest BCUT2D eigenvalue weighted by molar-refractivity contribution is 6.32. The van der Waals surface area contributed by atoms with Gasteiger partial charge in [-0.1, -0.05) is 35.9 Å². The summed E-state index contributed by atoms with van der Waals surface area (Å²) in [5.41, 5.74) is 7.80. The molecule has 31 heavy (non-hydrogen) atoms. The third-order valence-corrected chi connectivity index (χ3v) is 5.08. The van der Waals surface area contributed by atoms with Crippen molar-refractivity contribution in [3.8, 4) is 17.7 Å². The quantitative estimate of drug-likeness (QED) is 0.415. The summed E-state index contributed by atoms with van der Waals surface area (Å²) in [4.78, 5) is 20.9. The number of nitrogen functional groups attached to an aromatic ring is 1. The minimum absolute atomic E-state index is 0.0678. The number of nitriles is 1. The fourth-order valence-corrected chi connectivity index (χ4v) is 3.41. The largest absolute Gasteiger partial charge is 0.437 e. The van der Waals surface area contributed by atoms with E-state index in [-0.39, 0.29) is 16.7 Å². The summed E-state index contributed by atoms with van der Waals surface area (Å²) in [7, 11) is 0. The van der Waals surface area contributed by atoms with Crippen LogP contribution in [0.4, 0.5) is 5.82 Å². The average molecular weight is 429 g/mol. The number of aryl methyl sites for hydroxylation is 1. The first-order valence-corrected chi connectivity index (χ1v) is 9.91. The van der Waals surface area contributed by atoms with E-state index in [0.717, 1.165) is 16.3 Å². The van der Waals surface area contributed by atoms with Crippen LogP contribution in [0.25, 0.3) is 10.8 Å². The van der Waals surface area contributed by atoms with Gasteiger partial charge >= 0.3 is 0 Å². The SMILES string of the molecule is N#Cc1cccc(Oc2ncc(C(=O)CCc3ccc4c(N)nccc4c3)cc2Cl)c1. The molecule has 0 spiro atoms. The molecule has 0 saturated heterocycles. The van der Waals surface area contributed by atoms with E-state index >= 15 is 0 Å². The number of pyridine rings is 2. The van der Waals surface area contributed by atoms with Crippen LogP contribution < -0.4 is 10.5 Å². The Kier molecular flexibility index (Phi) is 5.78. The number of nitrogens with zero attached hydrogens (tertiary/aromatic N) is 3. The zero-order chi connectivity index (χ0) is 21.8. The van der Waals surface area contributed by atoms with Crippen LogP contribution in [0.15, 0.2) is 67.0 Å². The fraction of sp³-hybridized carbons (Fsp3) is 0.0833. The first-order chi connectivity index (χ1) is 15.0. The van der Waals surface area contributed by atoms with Crippen molar-refractivity contribution >= 4 is 34.0 Å². The molecule has 0 saturated carbocycles. The van der Waals surface area contributed by atoms with Gasteiger partial charge in [0.1, 0.15) is 16.6 Å². The predicted octanol–water partition coefficient (Wildman–Crippen LogP) is 5.34. The first kappa shape index (κ1) is 20.3. The van der Waals surface area contributed by atoms with Crippen molar-refractivity contribution in [2.24, 2.45) is 0 Å². The van der Waals surface area contributed by atoms with Gasteiger partial charge in [-0.3, -0.25) is 4.79 Å². The number of Topliss-reactive ketones (excluding diaryl/α,β-unsaturated/α-hetero) is 1. The van der Waals surface area contributed by atoms with Gasteiger partial charge in [0.2, 0.25) is 5.88 Å². The number of hydrogen-bond acceptors (Lipinski definition) is 6. The number of halogens is 1. The molecule has 0 aliphatic heterocycles. The molecule has 2 aromatic heterocycles. The van der Waals surface area contributed by atoms with E-state index < -0.39 is 0 Å². The summed E-state index contributed by atoms with van der Waals surface area (Å²) in [6.45, 7) is 0. The second kappa shape index (κ2) is 8.82. The number of nitrogens with two attached hydrogens (primary N) is 1. The first-order valence-electron chi connectivity index (χ1n) is 9.53. The molecular weight excluding hydrogens is 412 g/mol. The van der Waals surface area contributed by atoms with Gasteiger partial charge in [-0.25, -0.2) is 9.97 Å². The molecule has 2 N–H and O–H groups in total. The molecule has 0 unspecified atom stereocenters. The van der Waals surface area contributed by atoms with Crippen molar-refractivity contribution in [2.45, 2.75) is 12.8 Å². The monoisotopic (exact) mass is 428 g/mol. The van der Waals surface area contributed by atoms with Crippen LogP contribution in [-0.2, 0) is 6.42 Å². The summed E-state index contributed by atoms with van der Waals surface area (Å²) in [6.07, 6.45) is 4.01. The molecule has 0 aliphatic rings. The minimum atomic E-state index is -0.0678. The number of hydrogen-bond donors (Lipinski definition) is 1. The Balaban J connectivity index is 1.44. The van der Waals surface area contributed by atoms with Crippen molar-refractivity contribution in [3.63, 3.8) is 0 Å². The van der Waals surface area contributed by atoms with Crippen LogP contribution in [0.3, 0.4) is 0 Å². The van der Waals surface area contributed by atoms with Crippen LogP contribution >= 0.6 is 11.6 Å². The van der Waals surface area contributed by atoms with Gasteiger partial charge in [0.05, 0.1) is 11.6 Å². The van der Waals surface area contributed by atoms with E-state index in [4.69, 9.17) is 27.3 Å². The lowest BCUT2D eigenvalue weighted by Crippen LogP contribution is -2.03. The van der Waals surface area contributed by atoms with Crippen molar-refractivity contribution in [1.29, 1.82) is 5.26 Å². The van der Waals surface area contributed by atoms with E-state index in [2.05, 4.69) is 9.97 Å². The standard InChI is InChI=1S/C24H17ClN4O2/c25-21-12-18(14-29-24(21)31-19-3-1-2-16(11-19)13-26)22(30)7-5-15-4-6-20-17(10-15)8-9-28-23(20)27/h1-4,6,8-12,14H,5,7H2,(H2,27,28). The zero-order valence-electron chi connectivity index (χ0n) is 16.4. The lowest BCUT2D eigenvalue weighted by atomic mass is 10.0. The lowest BCUT2D eigenvalue weighted by molar-refractivity contribution is 0.0982. The maximum absolute atomic E-state index is 12.6. The van der Waals surface area contributed by atoms with Gasteiger partial charge in [-0.2, -0.15) is 5.26 Å². The Hall–Kier alpha value is -3.95. The minimum Gasteiger partial charge on any atom is -0.437 e. The molecule has 4 rings (SSSR count). The maximum atomic E-state index is 12.6. The number of fused-ring (bicyclic) bond motifs is 1. The smallest absolute Gasteiger partial charge is 0.238 e. The molecule has 6 nitrogen and oxygen atoms in total. The van der Waals surface area contributed by atoms with Gasteiger partial charge in [-0.05, 0) is 47.7 Å². The van der Waals surface area contributed by atoms with Crippen molar-refractivity contribution in [2.75, 3.05) is 5.73 Å². The van der Waals surface area contributed by atoms with Crippen LogP contribution in [0, 0.1) is 11.3 Å². The normalized spacial score (nSPS) is 10.6. The predicted molar refractivity (Wildman–Crippen MR) is 119 cm³/mol. The summed E-state index contributed by atoms with van der Waals surface area (Å²) < 4.78 is 5.65. The molecule has 7 heteroatoms. The molecule has 0 bridgehead atoms. The Labute approximate surface area is 183 Å². The Morgan fingerprint density at radius 2 is 2.00 bits per heavy atom. The molecular formula is C24H17ClN4O2. The molecule has 2 heterocycles. The highest BCUT2D eigenvalue weighted by Gasteiger charge is 2.12. The van der Waals surface area contributed by atoms with E-state index in [9.17, 15) is 4.79 Å². The van der Waals surface area contributed by atoms with Gasteiger partial charge in [0, 0.05) is 29.8 Å². The van der Waals surface area contributed by atoms with Gasteiger partial charge in [0.25, 0.3) is 0 Å². The molecule has 0 aliphatic carbocycles. The van der Waals surface area contributed by atoms with Crippen molar-refractivity contribution < 1.29 is 9.53 Å². The number of rotatable bonds is 6. The molecule has 4 aromatic rings. The fourth-order valence-electron chi connectivity index (χ4n) is 3.20. The number of ketones is 1. The Morgan fingerprint density at radius 3 is 2.81 bits per heavy atom. The number of carbonyl (C=O) groups excluding carboxylic acids is 1. The molecule has 0 fully saturated rings. The number of aromatic nitrogens is 2. The van der Waals surface area contributed by atoms with E-state index in [1.165, 1.54) is 6.20 Å². The van der Waals surface area contributed by atoms with Crippen LogP contribution in [0.5, 0.6) is 11.6 Å². The third kappa shape index (κ3) is 4.63. The summed E-state index contributed by atoms with van der Waals surface area (Å²) in [5.74, 6) is 1.04.